The molecule has 10 heteroatoms. The molecule has 2 fully saturated rings. The Balaban J connectivity index is 1.77. The minimum absolute atomic E-state index is 0.0819. The molecule has 2 aliphatic heterocycles. The van der Waals surface area contributed by atoms with Gasteiger partial charge in [0.1, 0.15) is 6.04 Å². The van der Waals surface area contributed by atoms with Crippen molar-refractivity contribution in [2.24, 2.45) is 11.8 Å². The molecule has 0 aliphatic carbocycles. The number of likely N-dealkylation sites (tertiary alicyclic amines) is 1. The van der Waals surface area contributed by atoms with Gasteiger partial charge in [-0.2, -0.15) is 0 Å². The largest absolute Gasteiger partial charge is 0.480 e. The Kier molecular flexibility index (Phi) is 9.85. The second-order valence-corrected chi connectivity index (χ2v) is 7.91. The summed E-state index contributed by atoms with van der Waals surface area (Å²) in [4.78, 5) is 49.6. The van der Waals surface area contributed by atoms with Crippen LogP contribution in [0.5, 0.6) is 0 Å². The minimum atomic E-state index is -1.28. The smallest absolute Gasteiger partial charge is 0.407 e. The molecule has 3 amide bonds. The summed E-state index contributed by atoms with van der Waals surface area (Å²) in [5.74, 6) is -1.28. The fourth-order valence-electron chi connectivity index (χ4n) is 3.94. The van der Waals surface area contributed by atoms with Crippen molar-refractivity contribution in [2.45, 2.75) is 51.5 Å². The highest BCUT2D eigenvalue weighted by Gasteiger charge is 2.30. The van der Waals surface area contributed by atoms with E-state index in [-0.39, 0.29) is 30.9 Å². The predicted molar refractivity (Wildman–Crippen MR) is 109 cm³/mol. The average Bonchev–Trinajstić information content (AvgIpc) is 2.75. The number of nitrogens with one attached hydrogen (secondary N) is 3. The SMILES string of the molecule is CCOC(=O)NC(CNC(=O)[C@@H]1CCCN(C(=O)CCC2CCNCC2)C1)C(=O)O. The number of aliphatic carboxylic acids is 1. The number of carbonyl (C=O) groups excluding carboxylic acids is 3. The van der Waals surface area contributed by atoms with Gasteiger partial charge in [0.25, 0.3) is 0 Å². The Morgan fingerprint density at radius 1 is 1.20 bits per heavy atom. The number of hydrogen-bond donors (Lipinski definition) is 4. The van der Waals surface area contributed by atoms with Crippen molar-refractivity contribution in [2.75, 3.05) is 39.3 Å². The van der Waals surface area contributed by atoms with Gasteiger partial charge in [0, 0.05) is 26.1 Å². The lowest BCUT2D eigenvalue weighted by Gasteiger charge is -2.33. The summed E-state index contributed by atoms with van der Waals surface area (Å²) < 4.78 is 4.68. The number of ether oxygens (including phenoxy) is 1. The molecular formula is C20H34N4O6. The summed E-state index contributed by atoms with van der Waals surface area (Å²) in [5.41, 5.74) is 0. The molecule has 30 heavy (non-hydrogen) atoms. The van der Waals surface area contributed by atoms with Crippen LogP contribution in [0, 0.1) is 11.8 Å². The van der Waals surface area contributed by atoms with E-state index < -0.39 is 18.1 Å². The maximum Gasteiger partial charge on any atom is 0.407 e. The Hall–Kier alpha value is -2.36. The number of hydrogen-bond acceptors (Lipinski definition) is 6. The normalized spacial score (nSPS) is 20.8. The Morgan fingerprint density at radius 3 is 2.60 bits per heavy atom. The van der Waals surface area contributed by atoms with E-state index in [1.165, 1.54) is 0 Å². The monoisotopic (exact) mass is 426 g/mol. The van der Waals surface area contributed by atoms with E-state index >= 15 is 0 Å². The molecule has 0 radical (unpaired) electrons. The third-order valence-electron chi connectivity index (χ3n) is 5.72. The lowest BCUT2D eigenvalue weighted by Crippen LogP contribution is -2.51. The topological polar surface area (TPSA) is 137 Å². The summed E-state index contributed by atoms with van der Waals surface area (Å²) in [6.07, 6.45) is 4.12. The van der Waals surface area contributed by atoms with Crippen LogP contribution in [0.2, 0.25) is 0 Å². The molecule has 0 aromatic rings. The van der Waals surface area contributed by atoms with Gasteiger partial charge in [-0.05, 0) is 58.0 Å². The number of rotatable bonds is 9. The molecule has 10 nitrogen and oxygen atoms in total. The van der Waals surface area contributed by atoms with Crippen LogP contribution >= 0.6 is 0 Å². The lowest BCUT2D eigenvalue weighted by atomic mass is 9.92. The molecule has 170 valence electrons. The first-order chi connectivity index (χ1) is 14.4. The van der Waals surface area contributed by atoms with Crippen molar-refractivity contribution >= 4 is 23.9 Å². The number of alkyl carbamates (subject to hydrolysis) is 1. The second kappa shape index (κ2) is 12.4. The zero-order valence-corrected chi connectivity index (χ0v) is 17.7. The highest BCUT2D eigenvalue weighted by molar-refractivity contribution is 5.83. The van der Waals surface area contributed by atoms with E-state index in [1.54, 1.807) is 11.8 Å². The number of amides is 3. The summed E-state index contributed by atoms with van der Waals surface area (Å²) >= 11 is 0. The van der Waals surface area contributed by atoms with Crippen LogP contribution in [-0.2, 0) is 19.1 Å². The molecular weight excluding hydrogens is 392 g/mol. The van der Waals surface area contributed by atoms with Gasteiger partial charge in [-0.25, -0.2) is 9.59 Å². The molecule has 0 bridgehead atoms. The maximum atomic E-state index is 12.6. The van der Waals surface area contributed by atoms with Gasteiger partial charge < -0.3 is 30.7 Å². The van der Waals surface area contributed by atoms with Crippen LogP contribution < -0.4 is 16.0 Å². The van der Waals surface area contributed by atoms with Crippen molar-refractivity contribution in [3.8, 4) is 0 Å². The summed E-state index contributed by atoms with van der Waals surface area (Å²) in [6.45, 7) is 4.50. The molecule has 1 unspecified atom stereocenters. The number of carboxylic acid groups (broad SMARTS) is 1. The van der Waals surface area contributed by atoms with Crippen molar-refractivity contribution in [1.82, 2.24) is 20.9 Å². The molecule has 0 aromatic carbocycles. The van der Waals surface area contributed by atoms with Crippen LogP contribution in [-0.4, -0.2) is 79.3 Å². The first-order valence-corrected chi connectivity index (χ1v) is 10.8. The zero-order valence-electron chi connectivity index (χ0n) is 17.7. The summed E-state index contributed by atoms with van der Waals surface area (Å²) in [5, 5.41) is 17.3. The van der Waals surface area contributed by atoms with Crippen LogP contribution in [0.1, 0.15) is 45.4 Å². The molecule has 4 N–H and O–H groups in total. The van der Waals surface area contributed by atoms with Gasteiger partial charge in [-0.3, -0.25) is 9.59 Å². The Labute approximate surface area is 177 Å². The highest BCUT2D eigenvalue weighted by Crippen LogP contribution is 2.21. The summed E-state index contributed by atoms with van der Waals surface area (Å²) in [7, 11) is 0. The maximum absolute atomic E-state index is 12.6. The van der Waals surface area contributed by atoms with Crippen molar-refractivity contribution in [3.63, 3.8) is 0 Å². The number of nitrogens with zero attached hydrogens (tertiary/aromatic N) is 1. The van der Waals surface area contributed by atoms with Crippen LogP contribution in [0.25, 0.3) is 0 Å². The van der Waals surface area contributed by atoms with Gasteiger partial charge >= 0.3 is 12.1 Å². The van der Waals surface area contributed by atoms with Crippen LogP contribution in [0.4, 0.5) is 4.79 Å². The van der Waals surface area contributed by atoms with E-state index in [2.05, 4.69) is 20.7 Å². The van der Waals surface area contributed by atoms with E-state index in [0.29, 0.717) is 31.8 Å². The molecule has 2 saturated heterocycles. The number of carboxylic acids is 1. The molecule has 2 heterocycles. The summed E-state index contributed by atoms with van der Waals surface area (Å²) in [6, 6.07) is -1.28. The van der Waals surface area contributed by atoms with Crippen LogP contribution in [0.15, 0.2) is 0 Å². The molecule has 2 rings (SSSR count). The van der Waals surface area contributed by atoms with E-state index in [1.807, 2.05) is 0 Å². The quantitative estimate of drug-likeness (QED) is 0.417. The fourth-order valence-corrected chi connectivity index (χ4v) is 3.94. The lowest BCUT2D eigenvalue weighted by molar-refractivity contribution is -0.139. The molecule has 2 aliphatic rings. The molecule has 0 aromatic heterocycles. The van der Waals surface area contributed by atoms with Gasteiger partial charge in [0.05, 0.1) is 12.5 Å². The van der Waals surface area contributed by atoms with Gasteiger partial charge in [0.2, 0.25) is 11.8 Å². The van der Waals surface area contributed by atoms with E-state index in [9.17, 15) is 24.3 Å². The number of carbonyl (C=O) groups is 4. The minimum Gasteiger partial charge on any atom is -0.480 e. The first kappa shape index (κ1) is 23.9. The molecule has 0 saturated carbocycles. The molecule has 2 atom stereocenters. The first-order valence-electron chi connectivity index (χ1n) is 10.8. The number of piperidine rings is 2. The molecule has 0 spiro atoms. The van der Waals surface area contributed by atoms with Gasteiger partial charge in [0.15, 0.2) is 0 Å². The van der Waals surface area contributed by atoms with Crippen molar-refractivity contribution in [1.29, 1.82) is 0 Å². The second-order valence-electron chi connectivity index (χ2n) is 7.91. The van der Waals surface area contributed by atoms with E-state index in [4.69, 9.17) is 0 Å². The van der Waals surface area contributed by atoms with Crippen LogP contribution in [0.3, 0.4) is 0 Å². The predicted octanol–water partition coefficient (Wildman–Crippen LogP) is 0.320. The van der Waals surface area contributed by atoms with Crippen molar-refractivity contribution < 1.29 is 29.0 Å². The third-order valence-corrected chi connectivity index (χ3v) is 5.72. The standard InChI is InChI=1S/C20H34N4O6/c1-2-30-20(29)23-16(19(27)28)12-22-18(26)15-4-3-11-24(13-15)17(25)6-5-14-7-9-21-10-8-14/h14-16,21H,2-13H2,1H3,(H,22,26)(H,23,29)(H,27,28)/t15-,16?/m1/s1. The Morgan fingerprint density at radius 2 is 1.93 bits per heavy atom. The van der Waals surface area contributed by atoms with Gasteiger partial charge in [-0.1, -0.05) is 0 Å². The zero-order chi connectivity index (χ0) is 21.9. The fraction of sp³-hybridized carbons (Fsp3) is 0.800. The highest BCUT2D eigenvalue weighted by atomic mass is 16.5. The Bertz CT molecular complexity index is 608. The average molecular weight is 427 g/mol. The third kappa shape index (κ3) is 7.81. The van der Waals surface area contributed by atoms with E-state index in [0.717, 1.165) is 38.8 Å². The van der Waals surface area contributed by atoms with Crippen molar-refractivity contribution in [3.05, 3.63) is 0 Å². The van der Waals surface area contributed by atoms with Gasteiger partial charge in [-0.15, -0.1) is 0 Å².